The van der Waals surface area contributed by atoms with Crippen LogP contribution in [0.25, 0.3) is 0 Å². The average molecular weight is 234 g/mol. The lowest BCUT2D eigenvalue weighted by molar-refractivity contribution is 0.123. The largest absolute Gasteiger partial charge is 0.415 e. The van der Waals surface area contributed by atoms with Gasteiger partial charge in [0.15, 0.2) is 0 Å². The van der Waals surface area contributed by atoms with Crippen LogP contribution in [-0.2, 0) is 0 Å². The fourth-order valence-corrected chi connectivity index (χ4v) is 2.20. The highest BCUT2D eigenvalue weighted by Gasteiger charge is 2.26. The van der Waals surface area contributed by atoms with Crippen LogP contribution in [0.5, 0.6) is 5.75 Å². The van der Waals surface area contributed by atoms with Crippen LogP contribution < -0.4 is 10.5 Å². The minimum absolute atomic E-state index is 0.0575. The third-order valence-corrected chi connectivity index (χ3v) is 2.90. The summed E-state index contributed by atoms with van der Waals surface area (Å²) in [4.78, 5) is 13.6. The van der Waals surface area contributed by atoms with Crippen LogP contribution >= 0.6 is 0 Å². The highest BCUT2D eigenvalue weighted by molar-refractivity contribution is 5.70. The summed E-state index contributed by atoms with van der Waals surface area (Å²) in [7, 11) is 0. The summed E-state index contributed by atoms with van der Waals surface area (Å²) in [5, 5.41) is 0. The lowest BCUT2D eigenvalue weighted by Crippen LogP contribution is -2.49. The Morgan fingerprint density at radius 1 is 1.35 bits per heavy atom. The number of hydrogen-bond acceptors (Lipinski definition) is 3. The van der Waals surface area contributed by atoms with Crippen molar-refractivity contribution in [3.63, 3.8) is 0 Å². The van der Waals surface area contributed by atoms with Crippen LogP contribution in [0.1, 0.15) is 13.3 Å². The molecular weight excluding hydrogens is 216 g/mol. The van der Waals surface area contributed by atoms with Crippen molar-refractivity contribution in [1.82, 2.24) is 4.90 Å². The molecule has 0 saturated carbocycles. The Bertz CT molecular complexity index is 370. The Balaban J connectivity index is 1.96. The molecule has 0 aliphatic carbocycles. The molecule has 1 amide bonds. The van der Waals surface area contributed by atoms with Crippen LogP contribution in [0.3, 0.4) is 0 Å². The molecular formula is C13H18N2O2. The van der Waals surface area contributed by atoms with Gasteiger partial charge in [0.2, 0.25) is 0 Å². The Kier molecular flexibility index (Phi) is 3.64. The molecule has 2 unspecified atom stereocenters. The van der Waals surface area contributed by atoms with Gasteiger partial charge in [0.25, 0.3) is 0 Å². The van der Waals surface area contributed by atoms with E-state index in [1.54, 1.807) is 17.0 Å². The molecule has 0 radical (unpaired) electrons. The molecule has 1 aliphatic rings. The van der Waals surface area contributed by atoms with Crippen molar-refractivity contribution >= 4 is 6.09 Å². The third-order valence-electron chi connectivity index (χ3n) is 2.90. The summed E-state index contributed by atoms with van der Waals surface area (Å²) in [6, 6.07) is 9.16. The van der Waals surface area contributed by atoms with Gasteiger partial charge >= 0.3 is 6.09 Å². The standard InChI is InChI=1S/C13H18N2O2/c1-10-7-11(14)9-15(8-10)13(16)17-12-5-3-2-4-6-12/h2-6,10-11H,7-9,14H2,1H3. The van der Waals surface area contributed by atoms with Gasteiger partial charge in [-0.1, -0.05) is 25.1 Å². The number of nitrogens with zero attached hydrogens (tertiary/aromatic N) is 1. The van der Waals surface area contributed by atoms with Crippen molar-refractivity contribution in [3.05, 3.63) is 30.3 Å². The first kappa shape index (κ1) is 11.9. The summed E-state index contributed by atoms with van der Waals surface area (Å²) in [5.74, 6) is 1.01. The molecule has 1 aromatic carbocycles. The van der Waals surface area contributed by atoms with Crippen molar-refractivity contribution in [1.29, 1.82) is 0 Å². The summed E-state index contributed by atoms with van der Waals surface area (Å²) in [5.41, 5.74) is 5.90. The first-order valence-electron chi connectivity index (χ1n) is 5.92. The van der Waals surface area contributed by atoms with Gasteiger partial charge < -0.3 is 15.4 Å². The van der Waals surface area contributed by atoms with E-state index in [4.69, 9.17) is 10.5 Å². The van der Waals surface area contributed by atoms with E-state index in [9.17, 15) is 4.79 Å². The first-order valence-corrected chi connectivity index (χ1v) is 5.92. The molecule has 4 heteroatoms. The zero-order chi connectivity index (χ0) is 12.3. The zero-order valence-electron chi connectivity index (χ0n) is 10.0. The number of para-hydroxylation sites is 1. The lowest BCUT2D eigenvalue weighted by Gasteiger charge is -2.33. The molecule has 0 aromatic heterocycles. The second kappa shape index (κ2) is 5.19. The maximum atomic E-state index is 11.9. The van der Waals surface area contributed by atoms with Crippen molar-refractivity contribution in [2.45, 2.75) is 19.4 Å². The molecule has 1 aliphatic heterocycles. The van der Waals surface area contributed by atoms with Gasteiger partial charge in [0.05, 0.1) is 0 Å². The minimum atomic E-state index is -0.307. The molecule has 17 heavy (non-hydrogen) atoms. The number of carbonyl (C=O) groups is 1. The number of nitrogens with two attached hydrogens (primary N) is 1. The molecule has 92 valence electrons. The Morgan fingerprint density at radius 2 is 2.06 bits per heavy atom. The van der Waals surface area contributed by atoms with Gasteiger partial charge in [-0.05, 0) is 24.5 Å². The molecule has 1 fully saturated rings. The Labute approximate surface area is 101 Å². The highest BCUT2D eigenvalue weighted by Crippen LogP contribution is 2.17. The second-order valence-electron chi connectivity index (χ2n) is 4.69. The maximum absolute atomic E-state index is 11.9. The molecule has 2 N–H and O–H groups in total. The fourth-order valence-electron chi connectivity index (χ4n) is 2.20. The van der Waals surface area contributed by atoms with E-state index in [1.165, 1.54) is 0 Å². The third kappa shape index (κ3) is 3.20. The number of piperidine rings is 1. The van der Waals surface area contributed by atoms with Crippen molar-refractivity contribution in [2.75, 3.05) is 13.1 Å². The van der Waals surface area contributed by atoms with E-state index in [0.29, 0.717) is 18.2 Å². The molecule has 4 nitrogen and oxygen atoms in total. The zero-order valence-corrected chi connectivity index (χ0v) is 10.0. The van der Waals surface area contributed by atoms with E-state index in [2.05, 4.69) is 6.92 Å². The number of likely N-dealkylation sites (tertiary alicyclic amines) is 1. The topological polar surface area (TPSA) is 55.6 Å². The molecule has 1 heterocycles. The predicted octanol–water partition coefficient (Wildman–Crippen LogP) is 1.85. The van der Waals surface area contributed by atoms with Crippen LogP contribution in [-0.4, -0.2) is 30.1 Å². The van der Waals surface area contributed by atoms with Gasteiger partial charge in [0, 0.05) is 19.1 Å². The predicted molar refractivity (Wildman–Crippen MR) is 65.8 cm³/mol. The average Bonchev–Trinajstić information content (AvgIpc) is 2.29. The monoisotopic (exact) mass is 234 g/mol. The highest BCUT2D eigenvalue weighted by atomic mass is 16.6. The van der Waals surface area contributed by atoms with Crippen molar-refractivity contribution in [3.8, 4) is 5.75 Å². The molecule has 2 atom stereocenters. The normalized spacial score (nSPS) is 24.5. The van der Waals surface area contributed by atoms with E-state index < -0.39 is 0 Å². The number of amides is 1. The fraction of sp³-hybridized carbons (Fsp3) is 0.462. The van der Waals surface area contributed by atoms with E-state index in [0.717, 1.165) is 13.0 Å². The summed E-state index contributed by atoms with van der Waals surface area (Å²) >= 11 is 0. The molecule has 1 saturated heterocycles. The smallest absolute Gasteiger partial charge is 0.410 e. The lowest BCUT2D eigenvalue weighted by atomic mass is 9.97. The summed E-state index contributed by atoms with van der Waals surface area (Å²) < 4.78 is 5.28. The van der Waals surface area contributed by atoms with E-state index in [-0.39, 0.29) is 12.1 Å². The summed E-state index contributed by atoms with van der Waals surface area (Å²) in [6.45, 7) is 3.40. The van der Waals surface area contributed by atoms with Gasteiger partial charge in [-0.25, -0.2) is 4.79 Å². The SMILES string of the molecule is CC1CC(N)CN(C(=O)Oc2ccccc2)C1. The van der Waals surface area contributed by atoms with Crippen LogP contribution in [0.15, 0.2) is 30.3 Å². The van der Waals surface area contributed by atoms with Crippen molar-refractivity contribution < 1.29 is 9.53 Å². The number of rotatable bonds is 1. The van der Waals surface area contributed by atoms with Gasteiger partial charge in [-0.3, -0.25) is 0 Å². The number of benzene rings is 1. The quantitative estimate of drug-likeness (QED) is 0.806. The molecule has 1 aromatic rings. The molecule has 0 spiro atoms. The van der Waals surface area contributed by atoms with E-state index in [1.807, 2.05) is 18.2 Å². The number of ether oxygens (including phenoxy) is 1. The molecule has 2 rings (SSSR count). The number of carbonyl (C=O) groups excluding carboxylic acids is 1. The summed E-state index contributed by atoms with van der Waals surface area (Å²) in [6.07, 6.45) is 0.660. The Hall–Kier alpha value is -1.55. The van der Waals surface area contributed by atoms with Gasteiger partial charge in [0.1, 0.15) is 5.75 Å². The Morgan fingerprint density at radius 3 is 2.71 bits per heavy atom. The molecule has 0 bridgehead atoms. The number of hydrogen-bond donors (Lipinski definition) is 1. The van der Waals surface area contributed by atoms with E-state index >= 15 is 0 Å². The van der Waals surface area contributed by atoms with Crippen molar-refractivity contribution in [2.24, 2.45) is 11.7 Å². The maximum Gasteiger partial charge on any atom is 0.415 e. The van der Waals surface area contributed by atoms with Gasteiger partial charge in [-0.15, -0.1) is 0 Å². The van der Waals surface area contributed by atoms with Crippen LogP contribution in [0.4, 0.5) is 4.79 Å². The van der Waals surface area contributed by atoms with Crippen LogP contribution in [0, 0.1) is 5.92 Å². The minimum Gasteiger partial charge on any atom is -0.410 e. The van der Waals surface area contributed by atoms with Gasteiger partial charge in [-0.2, -0.15) is 0 Å². The second-order valence-corrected chi connectivity index (χ2v) is 4.69. The first-order chi connectivity index (χ1) is 8.15. The van der Waals surface area contributed by atoms with Crippen LogP contribution in [0.2, 0.25) is 0 Å².